The van der Waals surface area contributed by atoms with Crippen LogP contribution >= 0.6 is 0 Å². The van der Waals surface area contributed by atoms with Crippen molar-refractivity contribution >= 4 is 5.69 Å². The van der Waals surface area contributed by atoms with E-state index < -0.39 is 0 Å². The topological polar surface area (TPSA) is 72.1 Å². The van der Waals surface area contributed by atoms with Gasteiger partial charge < -0.3 is 14.8 Å². The maximum absolute atomic E-state index is 5.34. The molecule has 0 aliphatic carbocycles. The molecule has 1 heterocycles. The number of nitrogens with zero attached hydrogens (tertiary/aromatic N) is 2. The summed E-state index contributed by atoms with van der Waals surface area (Å²) in [6, 6.07) is 13.9. The number of methoxy groups -OCH3 is 2. The molecular weight excluding hydrogens is 304 g/mol. The van der Waals surface area contributed by atoms with Crippen molar-refractivity contribution in [1.29, 1.82) is 0 Å². The number of nitrogens with one attached hydrogen (secondary N) is 2. The van der Waals surface area contributed by atoms with Gasteiger partial charge in [0, 0.05) is 17.8 Å². The van der Waals surface area contributed by atoms with E-state index >= 15 is 0 Å². The molecule has 0 fully saturated rings. The highest BCUT2D eigenvalue weighted by Gasteiger charge is 2.06. The standard InChI is InChI=1S/C18H20N4O2/c1-12-20-18(22-21-12)14-5-4-6-15(10-14)19-11-13-7-8-16(23-2)17(9-13)24-3/h4-10,19H,11H2,1-3H3,(H,20,21,22). The van der Waals surface area contributed by atoms with Crippen LogP contribution < -0.4 is 14.8 Å². The van der Waals surface area contributed by atoms with Gasteiger partial charge in [0.25, 0.3) is 0 Å². The molecular formula is C18H20N4O2. The van der Waals surface area contributed by atoms with Gasteiger partial charge in [0.15, 0.2) is 17.3 Å². The van der Waals surface area contributed by atoms with Crippen molar-refractivity contribution in [2.24, 2.45) is 0 Å². The molecule has 6 nitrogen and oxygen atoms in total. The fourth-order valence-corrected chi connectivity index (χ4v) is 2.43. The summed E-state index contributed by atoms with van der Waals surface area (Å²) in [4.78, 5) is 4.36. The van der Waals surface area contributed by atoms with Crippen LogP contribution in [0.3, 0.4) is 0 Å². The predicted octanol–water partition coefficient (Wildman–Crippen LogP) is 3.41. The lowest BCUT2D eigenvalue weighted by atomic mass is 10.1. The summed E-state index contributed by atoms with van der Waals surface area (Å²) in [5, 5.41) is 10.5. The Bertz CT molecular complexity index is 829. The molecule has 0 saturated carbocycles. The molecule has 0 saturated heterocycles. The minimum absolute atomic E-state index is 0.677. The van der Waals surface area contributed by atoms with Gasteiger partial charge in [-0.15, -0.1) is 0 Å². The second-order valence-electron chi connectivity index (χ2n) is 5.37. The molecule has 0 amide bonds. The van der Waals surface area contributed by atoms with Crippen molar-refractivity contribution in [2.45, 2.75) is 13.5 Å². The Morgan fingerprint density at radius 1 is 1.04 bits per heavy atom. The van der Waals surface area contributed by atoms with Crippen LogP contribution in [0.25, 0.3) is 11.4 Å². The normalized spacial score (nSPS) is 10.5. The fourth-order valence-electron chi connectivity index (χ4n) is 2.43. The van der Waals surface area contributed by atoms with Gasteiger partial charge in [0.1, 0.15) is 5.82 Å². The van der Waals surface area contributed by atoms with Crippen LogP contribution in [0.2, 0.25) is 0 Å². The van der Waals surface area contributed by atoms with E-state index in [-0.39, 0.29) is 0 Å². The van der Waals surface area contributed by atoms with E-state index in [2.05, 4.69) is 20.5 Å². The molecule has 0 aliphatic rings. The van der Waals surface area contributed by atoms with Crippen LogP contribution in [0.4, 0.5) is 5.69 Å². The quantitative estimate of drug-likeness (QED) is 0.727. The summed E-state index contributed by atoms with van der Waals surface area (Å²) in [7, 11) is 3.27. The maximum atomic E-state index is 5.34. The number of hydrogen-bond donors (Lipinski definition) is 2. The van der Waals surface area contributed by atoms with Crippen LogP contribution in [0, 0.1) is 6.92 Å². The zero-order valence-electron chi connectivity index (χ0n) is 14.0. The second-order valence-corrected chi connectivity index (χ2v) is 5.37. The highest BCUT2D eigenvalue weighted by atomic mass is 16.5. The minimum Gasteiger partial charge on any atom is -0.493 e. The monoisotopic (exact) mass is 324 g/mol. The fraction of sp³-hybridized carbons (Fsp3) is 0.222. The SMILES string of the molecule is COc1ccc(CNc2cccc(-c3n[nH]c(C)n3)c2)cc1OC. The van der Waals surface area contributed by atoms with Crippen LogP contribution in [0.1, 0.15) is 11.4 Å². The molecule has 24 heavy (non-hydrogen) atoms. The molecule has 2 aromatic carbocycles. The van der Waals surface area contributed by atoms with E-state index in [1.54, 1.807) is 14.2 Å². The molecule has 124 valence electrons. The Labute approximate surface area is 140 Å². The maximum Gasteiger partial charge on any atom is 0.181 e. The number of hydrogen-bond acceptors (Lipinski definition) is 5. The van der Waals surface area contributed by atoms with Crippen molar-refractivity contribution in [3.63, 3.8) is 0 Å². The van der Waals surface area contributed by atoms with Crippen LogP contribution in [0.5, 0.6) is 11.5 Å². The third-order valence-electron chi connectivity index (χ3n) is 3.66. The van der Waals surface area contributed by atoms with Gasteiger partial charge in [0.05, 0.1) is 14.2 Å². The average molecular weight is 324 g/mol. The molecule has 0 radical (unpaired) electrons. The van der Waals surface area contributed by atoms with Gasteiger partial charge in [-0.2, -0.15) is 5.10 Å². The van der Waals surface area contributed by atoms with Crippen LogP contribution in [0.15, 0.2) is 42.5 Å². The first-order valence-electron chi connectivity index (χ1n) is 7.64. The van der Waals surface area contributed by atoms with Crippen LogP contribution in [-0.2, 0) is 6.54 Å². The van der Waals surface area contributed by atoms with Gasteiger partial charge >= 0.3 is 0 Å². The predicted molar refractivity (Wildman–Crippen MR) is 93.4 cm³/mol. The van der Waals surface area contributed by atoms with E-state index in [0.717, 1.165) is 34.1 Å². The molecule has 0 unspecified atom stereocenters. The number of ether oxygens (including phenoxy) is 2. The zero-order chi connectivity index (χ0) is 16.9. The Morgan fingerprint density at radius 3 is 2.58 bits per heavy atom. The molecule has 3 aromatic rings. The molecule has 3 rings (SSSR count). The first-order chi connectivity index (χ1) is 11.7. The number of H-pyrrole nitrogens is 1. The third kappa shape index (κ3) is 3.48. The summed E-state index contributed by atoms with van der Waals surface area (Å²) in [6.45, 7) is 2.56. The van der Waals surface area contributed by atoms with Crippen molar-refractivity contribution < 1.29 is 9.47 Å². The highest BCUT2D eigenvalue weighted by molar-refractivity contribution is 5.62. The molecule has 6 heteroatoms. The second kappa shape index (κ2) is 7.04. The molecule has 2 N–H and O–H groups in total. The molecule has 1 aromatic heterocycles. The van der Waals surface area contributed by atoms with Crippen molar-refractivity contribution in [1.82, 2.24) is 15.2 Å². The van der Waals surface area contributed by atoms with Crippen molar-refractivity contribution in [2.75, 3.05) is 19.5 Å². The van der Waals surface area contributed by atoms with Gasteiger partial charge in [-0.3, -0.25) is 5.10 Å². The smallest absolute Gasteiger partial charge is 0.181 e. The minimum atomic E-state index is 0.677. The molecule has 0 atom stereocenters. The van der Waals surface area contributed by atoms with E-state index in [9.17, 15) is 0 Å². The Balaban J connectivity index is 1.73. The Morgan fingerprint density at radius 2 is 1.88 bits per heavy atom. The third-order valence-corrected chi connectivity index (χ3v) is 3.66. The average Bonchev–Trinajstić information content (AvgIpc) is 3.06. The lowest BCUT2D eigenvalue weighted by Crippen LogP contribution is -2.00. The largest absolute Gasteiger partial charge is 0.493 e. The number of aryl methyl sites for hydroxylation is 1. The summed E-state index contributed by atoms with van der Waals surface area (Å²) < 4.78 is 10.6. The summed E-state index contributed by atoms with van der Waals surface area (Å²) in [6.07, 6.45) is 0. The van der Waals surface area contributed by atoms with Gasteiger partial charge in [-0.05, 0) is 36.8 Å². The van der Waals surface area contributed by atoms with Crippen molar-refractivity contribution in [3.05, 3.63) is 53.9 Å². The molecule has 0 bridgehead atoms. The van der Waals surface area contributed by atoms with Gasteiger partial charge in [-0.1, -0.05) is 18.2 Å². The Hall–Kier alpha value is -3.02. The van der Waals surface area contributed by atoms with Gasteiger partial charge in [-0.25, -0.2) is 4.98 Å². The lowest BCUT2D eigenvalue weighted by molar-refractivity contribution is 0.354. The lowest BCUT2D eigenvalue weighted by Gasteiger charge is -2.11. The summed E-state index contributed by atoms with van der Waals surface area (Å²) in [5.41, 5.74) is 3.08. The molecule has 0 spiro atoms. The van der Waals surface area contributed by atoms with E-state index in [4.69, 9.17) is 9.47 Å². The zero-order valence-corrected chi connectivity index (χ0v) is 14.0. The highest BCUT2D eigenvalue weighted by Crippen LogP contribution is 2.28. The summed E-state index contributed by atoms with van der Waals surface area (Å²) >= 11 is 0. The van der Waals surface area contributed by atoms with Gasteiger partial charge in [0.2, 0.25) is 0 Å². The van der Waals surface area contributed by atoms with Crippen molar-refractivity contribution in [3.8, 4) is 22.9 Å². The number of rotatable bonds is 6. The number of anilines is 1. The van der Waals surface area contributed by atoms with Crippen LogP contribution in [-0.4, -0.2) is 29.4 Å². The van der Waals surface area contributed by atoms with E-state index in [0.29, 0.717) is 12.4 Å². The summed E-state index contributed by atoms with van der Waals surface area (Å²) in [5.74, 6) is 2.95. The number of aromatic nitrogens is 3. The molecule has 0 aliphatic heterocycles. The van der Waals surface area contributed by atoms with E-state index in [1.807, 2.05) is 49.4 Å². The first-order valence-corrected chi connectivity index (χ1v) is 7.64. The number of aromatic amines is 1. The first kappa shape index (κ1) is 15.9. The number of benzene rings is 2. The van der Waals surface area contributed by atoms with E-state index in [1.165, 1.54) is 0 Å². The Kier molecular flexibility index (Phi) is 4.65.